The fraction of sp³-hybridized carbons (Fsp3) is 0.286. The first-order chi connectivity index (χ1) is 12.9. The lowest BCUT2D eigenvalue weighted by Gasteiger charge is -2.31. The molecule has 0 aromatic heterocycles. The van der Waals surface area contributed by atoms with Gasteiger partial charge in [0.2, 0.25) is 5.91 Å². The maximum Gasteiger partial charge on any atom is 0.328 e. The topological polar surface area (TPSA) is 81.7 Å². The number of hydrogen-bond acceptors (Lipinski definition) is 5. The molecule has 2 rings (SSSR count). The lowest BCUT2D eigenvalue weighted by molar-refractivity contribution is -0.151. The van der Waals surface area contributed by atoms with Gasteiger partial charge < -0.3 is 14.8 Å². The highest BCUT2D eigenvalue weighted by atomic mass is 16.5. The Balaban J connectivity index is 2.42. The van der Waals surface area contributed by atoms with Crippen molar-refractivity contribution in [2.75, 3.05) is 14.2 Å². The average Bonchev–Trinajstić information content (AvgIpc) is 2.72. The van der Waals surface area contributed by atoms with Crippen LogP contribution in [0.25, 0.3) is 0 Å². The Hall–Kier alpha value is -3.15. The van der Waals surface area contributed by atoms with Crippen LogP contribution in [0.2, 0.25) is 0 Å². The van der Waals surface area contributed by atoms with E-state index in [1.165, 1.54) is 14.2 Å². The van der Waals surface area contributed by atoms with E-state index in [0.29, 0.717) is 0 Å². The molecule has 27 heavy (non-hydrogen) atoms. The summed E-state index contributed by atoms with van der Waals surface area (Å²) >= 11 is 0. The third-order valence-corrected chi connectivity index (χ3v) is 4.55. The Bertz CT molecular complexity index is 749. The molecule has 1 amide bonds. The summed E-state index contributed by atoms with van der Waals surface area (Å²) in [5.41, 5.74) is 0.455. The minimum atomic E-state index is -1.14. The lowest BCUT2D eigenvalue weighted by atomic mass is 9.75. The number of ether oxygens (including phenoxy) is 2. The zero-order chi connectivity index (χ0) is 19.9. The van der Waals surface area contributed by atoms with Crippen molar-refractivity contribution < 1.29 is 23.9 Å². The molecule has 1 atom stereocenters. The molecular weight excluding hydrogens is 346 g/mol. The highest BCUT2D eigenvalue weighted by molar-refractivity contribution is 5.95. The lowest BCUT2D eigenvalue weighted by Crippen LogP contribution is -2.51. The van der Waals surface area contributed by atoms with Crippen molar-refractivity contribution in [1.29, 1.82) is 0 Å². The SMILES string of the molecule is COC(=O)C[C@@H](NC(=O)C(C)(c1ccccc1)c1ccccc1)C(=O)OC. The van der Waals surface area contributed by atoms with Crippen LogP contribution in [-0.2, 0) is 29.3 Å². The predicted molar refractivity (Wildman–Crippen MR) is 99.9 cm³/mol. The molecule has 2 aromatic carbocycles. The van der Waals surface area contributed by atoms with E-state index in [2.05, 4.69) is 10.1 Å². The van der Waals surface area contributed by atoms with E-state index >= 15 is 0 Å². The van der Waals surface area contributed by atoms with Crippen molar-refractivity contribution in [2.45, 2.75) is 24.8 Å². The standard InChI is InChI=1S/C21H23NO5/c1-21(15-10-6-4-7-11-15,16-12-8-5-9-13-16)20(25)22-17(19(24)27-3)14-18(23)26-2/h4-13,17H,14H2,1-3H3,(H,22,25)/t17-/m1/s1. The van der Waals surface area contributed by atoms with Gasteiger partial charge >= 0.3 is 11.9 Å². The third kappa shape index (κ3) is 4.53. The van der Waals surface area contributed by atoms with E-state index in [9.17, 15) is 14.4 Å². The quantitative estimate of drug-likeness (QED) is 0.757. The molecule has 0 aliphatic rings. The van der Waals surface area contributed by atoms with Crippen LogP contribution in [-0.4, -0.2) is 38.1 Å². The molecule has 0 aliphatic heterocycles. The van der Waals surface area contributed by atoms with Gasteiger partial charge in [0.25, 0.3) is 0 Å². The number of rotatable bonds is 7. The van der Waals surface area contributed by atoms with Gasteiger partial charge in [-0.15, -0.1) is 0 Å². The summed E-state index contributed by atoms with van der Waals surface area (Å²) in [7, 11) is 2.42. The first-order valence-electron chi connectivity index (χ1n) is 8.50. The molecule has 0 aliphatic carbocycles. The van der Waals surface area contributed by atoms with Gasteiger partial charge in [-0.25, -0.2) is 4.79 Å². The first-order valence-corrected chi connectivity index (χ1v) is 8.50. The van der Waals surface area contributed by atoms with Crippen molar-refractivity contribution >= 4 is 17.8 Å². The molecule has 142 valence electrons. The Labute approximate surface area is 158 Å². The van der Waals surface area contributed by atoms with Gasteiger partial charge in [0.15, 0.2) is 0 Å². The molecule has 0 radical (unpaired) electrons. The Morgan fingerprint density at radius 1 is 0.889 bits per heavy atom. The summed E-state index contributed by atoms with van der Waals surface area (Å²) in [4.78, 5) is 37.0. The molecule has 6 nitrogen and oxygen atoms in total. The molecular formula is C21H23NO5. The van der Waals surface area contributed by atoms with Gasteiger partial charge in [-0.1, -0.05) is 60.7 Å². The molecule has 0 saturated heterocycles. The van der Waals surface area contributed by atoms with Crippen LogP contribution < -0.4 is 5.32 Å². The fourth-order valence-corrected chi connectivity index (χ4v) is 2.86. The van der Waals surface area contributed by atoms with Crippen LogP contribution in [0.15, 0.2) is 60.7 Å². The number of amides is 1. The normalized spacial score (nSPS) is 12.0. The molecule has 0 spiro atoms. The summed E-state index contributed by atoms with van der Waals surface area (Å²) in [6.45, 7) is 1.78. The minimum Gasteiger partial charge on any atom is -0.469 e. The Kier molecular flexibility index (Phi) is 6.71. The number of esters is 2. The Morgan fingerprint density at radius 2 is 1.37 bits per heavy atom. The average molecular weight is 369 g/mol. The molecule has 0 bridgehead atoms. The Morgan fingerprint density at radius 3 is 1.78 bits per heavy atom. The fourth-order valence-electron chi connectivity index (χ4n) is 2.86. The molecule has 2 aromatic rings. The highest BCUT2D eigenvalue weighted by Gasteiger charge is 2.39. The van der Waals surface area contributed by atoms with Crippen molar-refractivity contribution in [2.24, 2.45) is 0 Å². The van der Waals surface area contributed by atoms with Crippen LogP contribution >= 0.6 is 0 Å². The molecule has 6 heteroatoms. The molecule has 1 N–H and O–H groups in total. The third-order valence-electron chi connectivity index (χ3n) is 4.55. The van der Waals surface area contributed by atoms with Gasteiger partial charge in [-0.2, -0.15) is 0 Å². The second-order valence-electron chi connectivity index (χ2n) is 6.19. The van der Waals surface area contributed by atoms with E-state index in [0.717, 1.165) is 11.1 Å². The summed E-state index contributed by atoms with van der Waals surface area (Å²) in [6, 6.07) is 17.3. The number of methoxy groups -OCH3 is 2. The number of nitrogens with one attached hydrogen (secondary N) is 1. The number of benzene rings is 2. The number of carbonyl (C=O) groups excluding carboxylic acids is 3. The van der Waals surface area contributed by atoms with Crippen molar-refractivity contribution in [1.82, 2.24) is 5.32 Å². The van der Waals surface area contributed by atoms with E-state index < -0.39 is 29.3 Å². The molecule has 0 heterocycles. The zero-order valence-electron chi connectivity index (χ0n) is 15.6. The van der Waals surface area contributed by atoms with Crippen LogP contribution in [0.4, 0.5) is 0 Å². The van der Waals surface area contributed by atoms with Crippen molar-refractivity contribution in [3.8, 4) is 0 Å². The maximum absolute atomic E-state index is 13.3. The minimum absolute atomic E-state index is 0.311. The van der Waals surface area contributed by atoms with Gasteiger partial charge in [-0.3, -0.25) is 9.59 Å². The first kappa shape index (κ1) is 20.2. The second-order valence-corrected chi connectivity index (χ2v) is 6.19. The van der Waals surface area contributed by atoms with Crippen LogP contribution in [0, 0.1) is 0 Å². The van der Waals surface area contributed by atoms with Gasteiger partial charge in [0, 0.05) is 0 Å². The van der Waals surface area contributed by atoms with Gasteiger partial charge in [0.1, 0.15) is 6.04 Å². The smallest absolute Gasteiger partial charge is 0.328 e. The largest absolute Gasteiger partial charge is 0.469 e. The summed E-state index contributed by atoms with van der Waals surface area (Å²) in [5.74, 6) is -1.75. The molecule has 0 saturated carbocycles. The van der Waals surface area contributed by atoms with Crippen LogP contribution in [0.3, 0.4) is 0 Å². The van der Waals surface area contributed by atoms with Crippen LogP contribution in [0.1, 0.15) is 24.5 Å². The number of carbonyl (C=O) groups is 3. The van der Waals surface area contributed by atoms with Gasteiger partial charge in [0.05, 0.1) is 26.1 Å². The van der Waals surface area contributed by atoms with E-state index in [1.54, 1.807) is 6.92 Å². The monoisotopic (exact) mass is 369 g/mol. The van der Waals surface area contributed by atoms with E-state index in [-0.39, 0.29) is 6.42 Å². The second kappa shape index (κ2) is 8.98. The van der Waals surface area contributed by atoms with E-state index in [1.807, 2.05) is 60.7 Å². The molecule has 0 unspecified atom stereocenters. The summed E-state index contributed by atoms with van der Waals surface area (Å²) in [6.07, 6.45) is -0.311. The highest BCUT2D eigenvalue weighted by Crippen LogP contribution is 2.32. The zero-order valence-corrected chi connectivity index (χ0v) is 15.6. The van der Waals surface area contributed by atoms with Crippen LogP contribution in [0.5, 0.6) is 0 Å². The van der Waals surface area contributed by atoms with E-state index in [4.69, 9.17) is 4.74 Å². The molecule has 0 fully saturated rings. The maximum atomic E-state index is 13.3. The van der Waals surface area contributed by atoms with Gasteiger partial charge in [-0.05, 0) is 18.1 Å². The summed E-state index contributed by atoms with van der Waals surface area (Å²) in [5, 5.41) is 2.66. The predicted octanol–water partition coefficient (Wildman–Crippen LogP) is 2.21. The summed E-state index contributed by atoms with van der Waals surface area (Å²) < 4.78 is 9.34. The van der Waals surface area contributed by atoms with Crippen molar-refractivity contribution in [3.05, 3.63) is 71.8 Å². The number of hydrogen-bond donors (Lipinski definition) is 1. The van der Waals surface area contributed by atoms with Crippen molar-refractivity contribution in [3.63, 3.8) is 0 Å².